The lowest BCUT2D eigenvalue weighted by molar-refractivity contribution is 0.0696. The largest absolute Gasteiger partial charge is 0.478 e. The minimum atomic E-state index is -3.69. The van der Waals surface area contributed by atoms with Crippen LogP contribution in [-0.2, 0) is 15.8 Å². The van der Waals surface area contributed by atoms with Crippen LogP contribution in [0.3, 0.4) is 0 Å². The zero-order valence-electron chi connectivity index (χ0n) is 12.7. The van der Waals surface area contributed by atoms with E-state index in [4.69, 9.17) is 5.11 Å². The van der Waals surface area contributed by atoms with Gasteiger partial charge in [0.2, 0.25) is 10.0 Å². The summed E-state index contributed by atoms with van der Waals surface area (Å²) in [5, 5.41) is 9.16. The predicted molar refractivity (Wildman–Crippen MR) is 90.4 cm³/mol. The van der Waals surface area contributed by atoms with Crippen molar-refractivity contribution in [2.24, 2.45) is 0 Å². The Bertz CT molecular complexity index is 814. The Balaban J connectivity index is 2.30. The number of hydrogen-bond acceptors (Lipinski definition) is 4. The third kappa shape index (κ3) is 4.57. The lowest BCUT2D eigenvalue weighted by Gasteiger charge is -2.08. The van der Waals surface area contributed by atoms with Crippen molar-refractivity contribution in [1.82, 2.24) is 4.72 Å². The summed E-state index contributed by atoms with van der Waals surface area (Å²) in [4.78, 5) is 11.8. The summed E-state index contributed by atoms with van der Waals surface area (Å²) in [6, 6.07) is 12.1. The summed E-state index contributed by atoms with van der Waals surface area (Å²) in [6.45, 7) is 2.00. The van der Waals surface area contributed by atoms with Gasteiger partial charge in [-0.15, -0.1) is 11.8 Å². The molecule has 5 nitrogen and oxygen atoms in total. The van der Waals surface area contributed by atoms with Crippen molar-refractivity contribution in [3.63, 3.8) is 0 Å². The molecule has 0 unspecified atom stereocenters. The van der Waals surface area contributed by atoms with Gasteiger partial charge in [-0.2, -0.15) is 0 Å². The zero-order valence-corrected chi connectivity index (χ0v) is 14.4. The van der Waals surface area contributed by atoms with Crippen LogP contribution in [0.4, 0.5) is 0 Å². The van der Waals surface area contributed by atoms with Crippen LogP contribution in [0.5, 0.6) is 0 Å². The fourth-order valence-corrected chi connectivity index (χ4v) is 3.72. The first-order chi connectivity index (χ1) is 10.8. The van der Waals surface area contributed by atoms with Crippen molar-refractivity contribution in [3.05, 3.63) is 59.2 Å². The Hall–Kier alpha value is -1.83. The van der Waals surface area contributed by atoms with Crippen LogP contribution >= 0.6 is 11.8 Å². The number of carboxylic acid groups (broad SMARTS) is 1. The Morgan fingerprint density at radius 1 is 1.17 bits per heavy atom. The number of aryl methyl sites for hydroxylation is 1. The van der Waals surface area contributed by atoms with Gasteiger partial charge in [-0.05, 0) is 37.7 Å². The molecule has 2 aromatic rings. The van der Waals surface area contributed by atoms with Crippen LogP contribution in [0, 0.1) is 6.92 Å². The molecule has 0 saturated heterocycles. The van der Waals surface area contributed by atoms with Gasteiger partial charge in [0.1, 0.15) is 0 Å². The van der Waals surface area contributed by atoms with Crippen LogP contribution in [0.1, 0.15) is 21.5 Å². The second kappa shape index (κ2) is 7.16. The van der Waals surface area contributed by atoms with Crippen molar-refractivity contribution in [1.29, 1.82) is 0 Å². The van der Waals surface area contributed by atoms with E-state index in [-0.39, 0.29) is 10.5 Å². The molecule has 2 aromatic carbocycles. The van der Waals surface area contributed by atoms with Crippen molar-refractivity contribution in [3.8, 4) is 0 Å². The summed E-state index contributed by atoms with van der Waals surface area (Å²) in [5.74, 6) is -0.530. The Labute approximate surface area is 139 Å². The average Bonchev–Trinajstić information content (AvgIpc) is 2.54. The number of rotatable bonds is 6. The average molecular weight is 351 g/mol. The monoisotopic (exact) mass is 351 g/mol. The maximum absolute atomic E-state index is 11.9. The molecule has 2 rings (SSSR count). The van der Waals surface area contributed by atoms with Crippen molar-refractivity contribution < 1.29 is 18.3 Å². The summed E-state index contributed by atoms with van der Waals surface area (Å²) in [6.07, 6.45) is 0. The van der Waals surface area contributed by atoms with E-state index in [1.807, 2.05) is 31.2 Å². The molecule has 0 heterocycles. The van der Waals surface area contributed by atoms with E-state index >= 15 is 0 Å². The van der Waals surface area contributed by atoms with E-state index in [2.05, 4.69) is 4.72 Å². The zero-order chi connectivity index (χ0) is 17.0. The highest BCUT2D eigenvalue weighted by Gasteiger charge is 2.16. The topological polar surface area (TPSA) is 83.5 Å². The number of carboxylic acids is 1. The number of aromatic carboxylic acids is 1. The molecule has 0 radical (unpaired) electrons. The van der Waals surface area contributed by atoms with E-state index < -0.39 is 16.0 Å². The molecule has 0 amide bonds. The van der Waals surface area contributed by atoms with Crippen LogP contribution in [0.2, 0.25) is 0 Å². The first-order valence-electron chi connectivity index (χ1n) is 6.82. The molecule has 23 heavy (non-hydrogen) atoms. The molecule has 0 spiro atoms. The molecule has 0 aliphatic rings. The molecule has 0 aliphatic heterocycles. The van der Waals surface area contributed by atoms with Gasteiger partial charge >= 0.3 is 5.97 Å². The van der Waals surface area contributed by atoms with Gasteiger partial charge in [0.15, 0.2) is 0 Å². The van der Waals surface area contributed by atoms with E-state index in [1.54, 1.807) is 0 Å². The molecule has 0 atom stereocenters. The minimum Gasteiger partial charge on any atom is -0.478 e. The molecule has 0 fully saturated rings. The lowest BCUT2D eigenvalue weighted by atomic mass is 10.2. The van der Waals surface area contributed by atoms with E-state index in [1.165, 1.54) is 30.9 Å². The van der Waals surface area contributed by atoms with Gasteiger partial charge in [0, 0.05) is 10.6 Å². The summed E-state index contributed by atoms with van der Waals surface area (Å²) < 4.78 is 26.1. The quantitative estimate of drug-likeness (QED) is 0.782. The lowest BCUT2D eigenvalue weighted by Crippen LogP contribution is -2.19. The van der Waals surface area contributed by atoms with E-state index in [0.29, 0.717) is 10.6 Å². The summed E-state index contributed by atoms with van der Waals surface area (Å²) in [5.41, 5.74) is 2.20. The number of thioether (sulfide) groups is 1. The van der Waals surface area contributed by atoms with Crippen LogP contribution < -0.4 is 4.72 Å². The van der Waals surface area contributed by atoms with Gasteiger partial charge in [0.25, 0.3) is 0 Å². The maximum Gasteiger partial charge on any atom is 0.335 e. The van der Waals surface area contributed by atoms with Crippen LogP contribution in [0.25, 0.3) is 0 Å². The summed E-state index contributed by atoms with van der Waals surface area (Å²) >= 11 is 1.40. The van der Waals surface area contributed by atoms with E-state index in [9.17, 15) is 13.2 Å². The SMILES string of the molecule is CNS(=O)(=O)c1cc(SCc2ccc(C)cc2)cc(C(=O)O)c1. The fourth-order valence-electron chi connectivity index (χ4n) is 1.90. The Morgan fingerprint density at radius 3 is 2.39 bits per heavy atom. The maximum atomic E-state index is 11.9. The van der Waals surface area contributed by atoms with Gasteiger partial charge in [-0.3, -0.25) is 0 Å². The number of hydrogen-bond donors (Lipinski definition) is 2. The van der Waals surface area contributed by atoms with Crippen LogP contribution in [0.15, 0.2) is 52.3 Å². The number of benzene rings is 2. The number of carbonyl (C=O) groups is 1. The second-order valence-corrected chi connectivity index (χ2v) is 7.92. The van der Waals surface area contributed by atoms with Gasteiger partial charge in [-0.25, -0.2) is 17.9 Å². The van der Waals surface area contributed by atoms with Crippen molar-refractivity contribution in [2.45, 2.75) is 22.5 Å². The Kier molecular flexibility index (Phi) is 5.46. The molecule has 0 aromatic heterocycles. The third-order valence-electron chi connectivity index (χ3n) is 3.23. The first-order valence-corrected chi connectivity index (χ1v) is 9.29. The first kappa shape index (κ1) is 17.5. The second-order valence-electron chi connectivity index (χ2n) is 4.98. The normalized spacial score (nSPS) is 11.4. The number of sulfonamides is 1. The highest BCUT2D eigenvalue weighted by Crippen LogP contribution is 2.27. The molecule has 7 heteroatoms. The highest BCUT2D eigenvalue weighted by molar-refractivity contribution is 7.98. The molecule has 122 valence electrons. The predicted octanol–water partition coefficient (Wildman–Crippen LogP) is 2.89. The van der Waals surface area contributed by atoms with Gasteiger partial charge in [-0.1, -0.05) is 29.8 Å². The standard InChI is InChI=1S/C16H17NO4S2/c1-11-3-5-12(6-4-11)10-22-14-7-13(16(18)19)8-15(9-14)23(20,21)17-2/h3-9,17H,10H2,1-2H3,(H,18,19). The molecule has 0 bridgehead atoms. The summed E-state index contributed by atoms with van der Waals surface area (Å²) in [7, 11) is -2.40. The van der Waals surface area contributed by atoms with Crippen molar-refractivity contribution in [2.75, 3.05) is 7.05 Å². The van der Waals surface area contributed by atoms with Gasteiger partial charge in [0.05, 0.1) is 10.5 Å². The van der Waals surface area contributed by atoms with Crippen molar-refractivity contribution >= 4 is 27.8 Å². The molecular formula is C16H17NO4S2. The molecular weight excluding hydrogens is 334 g/mol. The minimum absolute atomic E-state index is 0.0484. The van der Waals surface area contributed by atoms with E-state index in [0.717, 1.165) is 17.2 Å². The number of nitrogens with one attached hydrogen (secondary N) is 1. The fraction of sp³-hybridized carbons (Fsp3) is 0.188. The molecule has 2 N–H and O–H groups in total. The molecule has 0 aliphatic carbocycles. The van der Waals surface area contributed by atoms with Crippen LogP contribution in [-0.4, -0.2) is 26.5 Å². The van der Waals surface area contributed by atoms with Gasteiger partial charge < -0.3 is 5.11 Å². The Morgan fingerprint density at radius 2 is 1.83 bits per heavy atom. The third-order valence-corrected chi connectivity index (χ3v) is 5.67. The smallest absolute Gasteiger partial charge is 0.335 e. The highest BCUT2D eigenvalue weighted by atomic mass is 32.2. The molecule has 0 saturated carbocycles.